The largest absolute Gasteiger partial charge is 0.490 e. The van der Waals surface area contributed by atoms with E-state index < -0.39 is 11.6 Å². The van der Waals surface area contributed by atoms with Crippen LogP contribution in [0.1, 0.15) is 71.1 Å². The van der Waals surface area contributed by atoms with Crippen LogP contribution in [0.25, 0.3) is 0 Å². The monoisotopic (exact) mass is 418 g/mol. The molecule has 3 saturated carbocycles. The highest BCUT2D eigenvalue weighted by molar-refractivity contribution is 5.35. The second-order valence-corrected chi connectivity index (χ2v) is 9.74. The third-order valence-corrected chi connectivity index (χ3v) is 7.50. The van der Waals surface area contributed by atoms with Crippen LogP contribution in [-0.4, -0.2) is 13.2 Å². The van der Waals surface area contributed by atoms with Crippen LogP contribution in [0.2, 0.25) is 0 Å². The molecule has 4 rings (SSSR count). The molecule has 0 radical (unpaired) electrons. The predicted octanol–water partition coefficient (Wildman–Crippen LogP) is 7.32. The summed E-state index contributed by atoms with van der Waals surface area (Å²) in [5, 5.41) is 0. The van der Waals surface area contributed by atoms with E-state index in [-0.39, 0.29) is 11.5 Å². The Labute approximate surface area is 180 Å². The Balaban J connectivity index is 1.20. The minimum Gasteiger partial charge on any atom is -0.490 e. The van der Waals surface area contributed by atoms with Gasteiger partial charge in [-0.25, -0.2) is 0 Å². The Kier molecular flexibility index (Phi) is 7.32. The molecule has 2 nitrogen and oxygen atoms in total. The summed E-state index contributed by atoms with van der Waals surface area (Å²) in [5.74, 6) is 1.60. The minimum absolute atomic E-state index is 0.00333. The first-order chi connectivity index (χ1) is 14.6. The van der Waals surface area contributed by atoms with Crippen molar-refractivity contribution in [3.63, 3.8) is 0 Å². The van der Waals surface area contributed by atoms with Crippen LogP contribution in [-0.2, 0) is 0 Å². The molecule has 1 aromatic carbocycles. The van der Waals surface area contributed by atoms with Gasteiger partial charge in [0.25, 0.3) is 0 Å². The molecule has 0 atom stereocenters. The molecule has 0 N–H and O–H groups in total. The summed E-state index contributed by atoms with van der Waals surface area (Å²) in [6.07, 6.45) is 17.0. The van der Waals surface area contributed by atoms with Crippen LogP contribution in [0.4, 0.5) is 8.78 Å². The van der Waals surface area contributed by atoms with E-state index in [4.69, 9.17) is 9.47 Å². The van der Waals surface area contributed by atoms with Crippen LogP contribution in [0, 0.1) is 41.2 Å². The molecular formula is C26H36F2O2. The third-order valence-electron chi connectivity index (χ3n) is 7.50. The molecule has 30 heavy (non-hydrogen) atoms. The van der Waals surface area contributed by atoms with Gasteiger partial charge in [-0.15, -0.1) is 0 Å². The Hall–Kier alpha value is -1.58. The molecule has 3 aliphatic rings. The van der Waals surface area contributed by atoms with Gasteiger partial charge in [0.1, 0.15) is 0 Å². The van der Waals surface area contributed by atoms with Gasteiger partial charge in [0.15, 0.2) is 11.5 Å². The van der Waals surface area contributed by atoms with Crippen LogP contribution in [0.3, 0.4) is 0 Å². The van der Waals surface area contributed by atoms with Gasteiger partial charge in [-0.3, -0.25) is 0 Å². The van der Waals surface area contributed by atoms with E-state index >= 15 is 0 Å². The smallest absolute Gasteiger partial charge is 0.204 e. The molecule has 3 fully saturated rings. The third kappa shape index (κ3) is 5.56. The van der Waals surface area contributed by atoms with Crippen molar-refractivity contribution in [2.24, 2.45) is 29.6 Å². The van der Waals surface area contributed by atoms with E-state index in [1.54, 1.807) is 0 Å². The molecule has 166 valence electrons. The molecule has 4 heteroatoms. The minimum atomic E-state index is -0.926. The van der Waals surface area contributed by atoms with Gasteiger partial charge in [-0.2, -0.15) is 8.78 Å². The SMILES string of the molecule is C/C=C/C1CCC(C2CCC(COc3ccc(OCC4CC4)c(F)c3F)CC2)CC1. The summed E-state index contributed by atoms with van der Waals surface area (Å²) in [4.78, 5) is 0. The Morgan fingerprint density at radius 2 is 1.17 bits per heavy atom. The first kappa shape index (κ1) is 21.6. The molecule has 0 unspecified atom stereocenters. The summed E-state index contributed by atoms with van der Waals surface area (Å²) >= 11 is 0. The number of ether oxygens (including phenoxy) is 2. The quantitative estimate of drug-likeness (QED) is 0.412. The second-order valence-electron chi connectivity index (χ2n) is 9.74. The number of halogens is 2. The molecule has 3 aliphatic carbocycles. The molecule has 0 saturated heterocycles. The first-order valence-electron chi connectivity index (χ1n) is 12.0. The first-order valence-corrected chi connectivity index (χ1v) is 12.0. The van der Waals surface area contributed by atoms with Crippen molar-refractivity contribution in [3.8, 4) is 11.5 Å². The molecule has 0 aromatic heterocycles. The van der Waals surface area contributed by atoms with Gasteiger partial charge in [-0.05, 0) is 113 Å². The predicted molar refractivity (Wildman–Crippen MR) is 116 cm³/mol. The van der Waals surface area contributed by atoms with Gasteiger partial charge < -0.3 is 9.47 Å². The van der Waals surface area contributed by atoms with Crippen molar-refractivity contribution in [2.75, 3.05) is 13.2 Å². The molecule has 0 spiro atoms. The standard InChI is InChI=1S/C26H36F2O2/c1-2-3-18-6-10-21(11-7-18)22-12-8-20(9-13-22)17-30-24-15-14-23(25(27)26(24)28)29-16-19-4-5-19/h2-3,14-15,18-22H,4-13,16-17H2,1H3/b3-2+. The van der Waals surface area contributed by atoms with Gasteiger partial charge >= 0.3 is 0 Å². The molecular weight excluding hydrogens is 382 g/mol. The average Bonchev–Trinajstić information content (AvgIpc) is 3.60. The molecule has 0 bridgehead atoms. The van der Waals surface area contributed by atoms with Crippen molar-refractivity contribution in [3.05, 3.63) is 35.9 Å². The average molecular weight is 419 g/mol. The zero-order valence-electron chi connectivity index (χ0n) is 18.3. The van der Waals surface area contributed by atoms with Crippen molar-refractivity contribution in [1.29, 1.82) is 0 Å². The van der Waals surface area contributed by atoms with E-state index in [9.17, 15) is 8.78 Å². The fourth-order valence-electron chi connectivity index (χ4n) is 5.34. The maximum atomic E-state index is 14.4. The van der Waals surface area contributed by atoms with Crippen LogP contribution in [0.5, 0.6) is 11.5 Å². The van der Waals surface area contributed by atoms with Gasteiger partial charge in [0.05, 0.1) is 13.2 Å². The Morgan fingerprint density at radius 3 is 1.60 bits per heavy atom. The van der Waals surface area contributed by atoms with Crippen molar-refractivity contribution < 1.29 is 18.3 Å². The van der Waals surface area contributed by atoms with Crippen LogP contribution >= 0.6 is 0 Å². The number of hydrogen-bond donors (Lipinski definition) is 0. The van der Waals surface area contributed by atoms with Crippen molar-refractivity contribution >= 4 is 0 Å². The summed E-state index contributed by atoms with van der Waals surface area (Å²) in [6.45, 7) is 3.06. The topological polar surface area (TPSA) is 18.5 Å². The maximum absolute atomic E-state index is 14.4. The fraction of sp³-hybridized carbons (Fsp3) is 0.692. The Bertz CT molecular complexity index is 712. The molecule has 0 heterocycles. The van der Waals surface area contributed by atoms with Crippen LogP contribution < -0.4 is 9.47 Å². The summed E-state index contributed by atoms with van der Waals surface area (Å²) in [5.41, 5.74) is 0. The lowest BCUT2D eigenvalue weighted by atomic mass is 9.69. The zero-order valence-corrected chi connectivity index (χ0v) is 18.3. The lowest BCUT2D eigenvalue weighted by Crippen LogP contribution is -2.27. The second kappa shape index (κ2) is 10.2. The Morgan fingerprint density at radius 1 is 0.733 bits per heavy atom. The van der Waals surface area contributed by atoms with E-state index in [0.29, 0.717) is 25.0 Å². The van der Waals surface area contributed by atoms with E-state index in [0.717, 1.165) is 43.4 Å². The maximum Gasteiger partial charge on any atom is 0.204 e. The van der Waals surface area contributed by atoms with E-state index in [1.807, 2.05) is 0 Å². The zero-order chi connectivity index (χ0) is 20.9. The van der Waals surface area contributed by atoms with Gasteiger partial charge in [0.2, 0.25) is 11.6 Å². The van der Waals surface area contributed by atoms with Gasteiger partial charge in [-0.1, -0.05) is 12.2 Å². The molecule has 0 amide bonds. The molecule has 0 aliphatic heterocycles. The van der Waals surface area contributed by atoms with Crippen molar-refractivity contribution in [1.82, 2.24) is 0 Å². The van der Waals surface area contributed by atoms with E-state index in [2.05, 4.69) is 19.1 Å². The normalized spacial score (nSPS) is 29.8. The number of hydrogen-bond acceptors (Lipinski definition) is 2. The van der Waals surface area contributed by atoms with Crippen LogP contribution in [0.15, 0.2) is 24.3 Å². The van der Waals surface area contributed by atoms with Gasteiger partial charge in [0, 0.05) is 0 Å². The number of allylic oxidation sites excluding steroid dienone is 2. The summed E-state index contributed by atoms with van der Waals surface area (Å²) in [6, 6.07) is 3.01. The highest BCUT2D eigenvalue weighted by atomic mass is 19.2. The highest BCUT2D eigenvalue weighted by Gasteiger charge is 2.31. The summed E-state index contributed by atoms with van der Waals surface area (Å²) < 4.78 is 39.7. The fourth-order valence-corrected chi connectivity index (χ4v) is 5.34. The molecule has 1 aromatic rings. The number of rotatable bonds is 8. The number of benzene rings is 1. The van der Waals surface area contributed by atoms with E-state index in [1.165, 1.54) is 50.7 Å². The van der Waals surface area contributed by atoms with Crippen molar-refractivity contribution in [2.45, 2.75) is 71.1 Å². The lowest BCUT2D eigenvalue weighted by Gasteiger charge is -2.37. The lowest BCUT2D eigenvalue weighted by molar-refractivity contribution is 0.127. The highest BCUT2D eigenvalue weighted by Crippen LogP contribution is 2.42. The summed E-state index contributed by atoms with van der Waals surface area (Å²) in [7, 11) is 0.